The van der Waals surface area contributed by atoms with E-state index in [9.17, 15) is 23.9 Å². The zero-order valence-corrected chi connectivity index (χ0v) is 19.4. The summed E-state index contributed by atoms with van der Waals surface area (Å²) in [5.74, 6) is -1.90. The molecule has 184 valence electrons. The van der Waals surface area contributed by atoms with Gasteiger partial charge < -0.3 is 30.2 Å². The number of hydrogen-bond acceptors (Lipinski definition) is 6. The summed E-state index contributed by atoms with van der Waals surface area (Å²) in [7, 11) is 1.40. The Balaban J connectivity index is 1.42. The molecule has 0 bridgehead atoms. The normalized spacial score (nSPS) is 14.2. The Kier molecular flexibility index (Phi) is 6.63. The van der Waals surface area contributed by atoms with Crippen LogP contribution in [0.1, 0.15) is 49.7 Å². The molecule has 1 aliphatic heterocycles. The van der Waals surface area contributed by atoms with Crippen LogP contribution in [0, 0.1) is 18.7 Å². The largest absolute Gasteiger partial charge is 0.507 e. The average molecular weight is 483 g/mol. The average Bonchev–Trinajstić information content (AvgIpc) is 3.18. The first-order valence-corrected chi connectivity index (χ1v) is 11.2. The van der Waals surface area contributed by atoms with Gasteiger partial charge in [-0.15, -0.1) is 0 Å². The number of rotatable bonds is 6. The number of nitrogens with one attached hydrogen (secondary N) is 1. The van der Waals surface area contributed by atoms with Crippen molar-refractivity contribution in [2.45, 2.75) is 19.8 Å². The molecule has 10 heteroatoms. The number of primary amides is 1. The van der Waals surface area contributed by atoms with Gasteiger partial charge in [0.05, 0.1) is 12.5 Å². The van der Waals surface area contributed by atoms with Crippen LogP contribution in [0.3, 0.4) is 0 Å². The highest BCUT2D eigenvalue weighted by Crippen LogP contribution is 2.40. The molecule has 1 fully saturated rings. The number of amides is 3. The Morgan fingerprint density at radius 3 is 2.49 bits per heavy atom. The fourth-order valence-corrected chi connectivity index (χ4v) is 4.42. The van der Waals surface area contributed by atoms with Gasteiger partial charge in [-0.05, 0) is 49.9 Å². The number of aromatic hydroxyl groups is 1. The topological polar surface area (TPSA) is 135 Å². The zero-order valence-electron chi connectivity index (χ0n) is 19.4. The Bertz CT molecular complexity index is 1290. The van der Waals surface area contributed by atoms with Crippen molar-refractivity contribution in [1.82, 2.24) is 10.2 Å². The van der Waals surface area contributed by atoms with Gasteiger partial charge in [-0.2, -0.15) is 0 Å². The lowest BCUT2D eigenvalue weighted by Crippen LogP contribution is -2.41. The number of fused-ring (bicyclic) bond motifs is 1. The number of carbonyl (C=O) groups excluding carboxylic acids is 3. The number of nitrogens with two attached hydrogens (primary N) is 1. The van der Waals surface area contributed by atoms with Crippen LogP contribution in [0.2, 0.25) is 0 Å². The number of ether oxygens (including phenoxy) is 1. The Hall–Kier alpha value is -4.08. The van der Waals surface area contributed by atoms with Gasteiger partial charge in [-0.1, -0.05) is 0 Å². The molecule has 0 atom stereocenters. The van der Waals surface area contributed by atoms with E-state index in [4.69, 9.17) is 14.9 Å². The first-order chi connectivity index (χ1) is 16.7. The van der Waals surface area contributed by atoms with E-state index in [1.165, 1.54) is 37.4 Å². The fraction of sp³-hybridized carbons (Fsp3) is 0.320. The first kappa shape index (κ1) is 24.1. The first-order valence-electron chi connectivity index (χ1n) is 11.2. The summed E-state index contributed by atoms with van der Waals surface area (Å²) in [6.07, 6.45) is 1.39. The number of likely N-dealkylation sites (tertiary alicyclic amines) is 1. The molecule has 4 rings (SSSR count). The number of carbonyl (C=O) groups is 3. The molecular weight excluding hydrogens is 457 g/mol. The van der Waals surface area contributed by atoms with Crippen molar-refractivity contribution < 1.29 is 33.0 Å². The number of piperidine rings is 1. The molecule has 0 unspecified atom stereocenters. The summed E-state index contributed by atoms with van der Waals surface area (Å²) in [5, 5.41) is 13.4. The fourth-order valence-electron chi connectivity index (χ4n) is 4.42. The third-order valence-electron chi connectivity index (χ3n) is 6.36. The third kappa shape index (κ3) is 4.64. The van der Waals surface area contributed by atoms with Crippen molar-refractivity contribution >= 4 is 28.7 Å². The number of aryl methyl sites for hydroxylation is 1. The Morgan fingerprint density at radius 1 is 1.23 bits per heavy atom. The van der Waals surface area contributed by atoms with Gasteiger partial charge in [0.1, 0.15) is 22.9 Å². The molecular formula is C25H26FN3O6. The molecule has 2 heterocycles. The van der Waals surface area contributed by atoms with Crippen molar-refractivity contribution in [3.8, 4) is 11.5 Å². The molecule has 0 aliphatic carbocycles. The number of methoxy groups -OCH3 is 1. The van der Waals surface area contributed by atoms with E-state index in [0.29, 0.717) is 49.0 Å². The molecule has 3 aromatic rings. The minimum Gasteiger partial charge on any atom is -0.507 e. The van der Waals surface area contributed by atoms with Gasteiger partial charge in [-0.25, -0.2) is 4.39 Å². The summed E-state index contributed by atoms with van der Waals surface area (Å²) >= 11 is 0. The Morgan fingerprint density at radius 2 is 1.89 bits per heavy atom. The lowest BCUT2D eigenvalue weighted by molar-refractivity contribution is 0.0683. The SMILES string of the molecule is COc1cc(O)c(C(N)=O)c2oc(C(=O)NCC3CCN(C(=O)c4ccc(F)cc4)CC3)c(C)c12. The van der Waals surface area contributed by atoms with Crippen molar-refractivity contribution in [3.05, 3.63) is 58.6 Å². The van der Waals surface area contributed by atoms with Gasteiger partial charge in [0, 0.05) is 36.8 Å². The highest BCUT2D eigenvalue weighted by molar-refractivity contribution is 6.11. The predicted molar refractivity (Wildman–Crippen MR) is 125 cm³/mol. The zero-order chi connectivity index (χ0) is 25.3. The number of furan rings is 1. The van der Waals surface area contributed by atoms with E-state index in [-0.39, 0.29) is 34.5 Å². The van der Waals surface area contributed by atoms with Crippen LogP contribution in [0.25, 0.3) is 11.0 Å². The maximum atomic E-state index is 13.1. The predicted octanol–water partition coefficient (Wildman–Crippen LogP) is 2.98. The molecule has 4 N–H and O–H groups in total. The van der Waals surface area contributed by atoms with Crippen molar-refractivity contribution in [2.24, 2.45) is 11.7 Å². The highest BCUT2D eigenvalue weighted by Gasteiger charge is 2.28. The van der Waals surface area contributed by atoms with Crippen molar-refractivity contribution in [3.63, 3.8) is 0 Å². The van der Waals surface area contributed by atoms with E-state index >= 15 is 0 Å². The second-order valence-electron chi connectivity index (χ2n) is 8.55. The number of nitrogens with zero attached hydrogens (tertiary/aromatic N) is 1. The monoisotopic (exact) mass is 483 g/mol. The lowest BCUT2D eigenvalue weighted by Gasteiger charge is -2.32. The van der Waals surface area contributed by atoms with Gasteiger partial charge in [-0.3, -0.25) is 14.4 Å². The van der Waals surface area contributed by atoms with Crippen LogP contribution in [-0.2, 0) is 0 Å². The maximum absolute atomic E-state index is 13.1. The number of phenols is 1. The molecule has 9 nitrogen and oxygen atoms in total. The van der Waals surface area contributed by atoms with Gasteiger partial charge in [0.15, 0.2) is 11.3 Å². The van der Waals surface area contributed by atoms with E-state index in [0.717, 1.165) is 0 Å². The molecule has 0 saturated carbocycles. The van der Waals surface area contributed by atoms with Crippen LogP contribution < -0.4 is 15.8 Å². The standard InChI is InChI=1S/C25H26FN3O6/c1-13-19-18(34-2)11-17(30)20(23(27)31)22(19)35-21(13)24(32)28-12-14-7-9-29(10-8-14)25(33)15-3-5-16(26)6-4-15/h3-6,11,14,30H,7-10,12H2,1-2H3,(H2,27,31)(H,28,32). The lowest BCUT2D eigenvalue weighted by atomic mass is 9.96. The minimum atomic E-state index is -0.891. The highest BCUT2D eigenvalue weighted by atomic mass is 19.1. The maximum Gasteiger partial charge on any atom is 0.287 e. The summed E-state index contributed by atoms with van der Waals surface area (Å²) in [6.45, 7) is 3.08. The second kappa shape index (κ2) is 9.65. The van der Waals surface area contributed by atoms with Crippen LogP contribution >= 0.6 is 0 Å². The molecule has 1 aromatic heterocycles. The van der Waals surface area contributed by atoms with Crippen LogP contribution in [0.5, 0.6) is 11.5 Å². The molecule has 1 saturated heterocycles. The van der Waals surface area contributed by atoms with Crippen LogP contribution in [-0.4, -0.2) is 54.5 Å². The van der Waals surface area contributed by atoms with E-state index in [1.54, 1.807) is 11.8 Å². The summed E-state index contributed by atoms with van der Waals surface area (Å²) in [5.41, 5.74) is 6.06. The smallest absolute Gasteiger partial charge is 0.287 e. The summed E-state index contributed by atoms with van der Waals surface area (Å²) < 4.78 is 24.1. The summed E-state index contributed by atoms with van der Waals surface area (Å²) in [4.78, 5) is 39.1. The molecule has 1 aliphatic rings. The number of halogens is 1. The Labute approximate surface area is 200 Å². The molecule has 0 spiro atoms. The quantitative estimate of drug-likeness (QED) is 0.493. The third-order valence-corrected chi connectivity index (χ3v) is 6.36. The van der Waals surface area contributed by atoms with E-state index in [1.807, 2.05) is 0 Å². The van der Waals surface area contributed by atoms with Gasteiger partial charge in [0.25, 0.3) is 17.7 Å². The number of hydrogen-bond donors (Lipinski definition) is 3. The second-order valence-corrected chi connectivity index (χ2v) is 8.55. The van der Waals surface area contributed by atoms with Crippen LogP contribution in [0.4, 0.5) is 4.39 Å². The van der Waals surface area contributed by atoms with Crippen molar-refractivity contribution in [2.75, 3.05) is 26.7 Å². The molecule has 0 radical (unpaired) electrons. The van der Waals surface area contributed by atoms with Gasteiger partial charge >= 0.3 is 0 Å². The van der Waals surface area contributed by atoms with Gasteiger partial charge in [0.2, 0.25) is 0 Å². The summed E-state index contributed by atoms with van der Waals surface area (Å²) in [6, 6.07) is 6.72. The van der Waals surface area contributed by atoms with E-state index in [2.05, 4.69) is 5.32 Å². The minimum absolute atomic E-state index is 0.00433. The molecule has 3 amide bonds. The van der Waals surface area contributed by atoms with Crippen LogP contribution in [0.15, 0.2) is 34.7 Å². The number of benzene rings is 2. The molecule has 2 aromatic carbocycles. The molecule has 35 heavy (non-hydrogen) atoms. The van der Waals surface area contributed by atoms with E-state index < -0.39 is 23.4 Å². The van der Waals surface area contributed by atoms with Crippen molar-refractivity contribution in [1.29, 1.82) is 0 Å².